The van der Waals surface area contributed by atoms with E-state index in [0.717, 1.165) is 37.0 Å². The van der Waals surface area contributed by atoms with Gasteiger partial charge in [-0.15, -0.1) is 0 Å². The summed E-state index contributed by atoms with van der Waals surface area (Å²) in [5.74, 6) is 3.00. The monoisotopic (exact) mass is 348 g/mol. The Labute approximate surface area is 152 Å². The average Bonchev–Trinajstić information content (AvgIpc) is 2.88. The smallest absolute Gasteiger partial charge is 0.263 e. The maximum Gasteiger partial charge on any atom is 0.282 e. The molecule has 0 bridgehead atoms. The van der Waals surface area contributed by atoms with E-state index in [2.05, 4.69) is 13.8 Å². The normalized spacial score (nSPS) is 52.4. The molecule has 0 amide bonds. The summed E-state index contributed by atoms with van der Waals surface area (Å²) in [5, 5.41) is 12.2. The molecule has 4 saturated carbocycles. The second-order valence-electron chi connectivity index (χ2n) is 10.4. The SMILES string of the molecule is CN(C)C1([N+](=O)[O-])CC[C@H]2[C@@H]3CCC4CCCC[C@]4(C)[C@@H]3CC[C@@]21C. The molecule has 25 heavy (non-hydrogen) atoms. The van der Waals surface area contributed by atoms with Gasteiger partial charge in [0.2, 0.25) is 0 Å². The predicted octanol–water partition coefficient (Wildman–Crippen LogP) is 4.95. The third-order valence-corrected chi connectivity index (χ3v) is 9.73. The van der Waals surface area contributed by atoms with Crippen LogP contribution in [0, 0.1) is 44.6 Å². The molecule has 0 saturated heterocycles. The second kappa shape index (κ2) is 5.68. The zero-order valence-electron chi connectivity index (χ0n) is 16.6. The summed E-state index contributed by atoms with van der Waals surface area (Å²) < 4.78 is 0. The number of rotatable bonds is 2. The third-order valence-electron chi connectivity index (χ3n) is 9.73. The van der Waals surface area contributed by atoms with Gasteiger partial charge in [-0.1, -0.05) is 26.7 Å². The van der Waals surface area contributed by atoms with Crippen molar-refractivity contribution in [1.29, 1.82) is 0 Å². The predicted molar refractivity (Wildman–Crippen MR) is 99.8 cm³/mol. The zero-order chi connectivity index (χ0) is 18.0. The minimum Gasteiger partial charge on any atom is -0.263 e. The van der Waals surface area contributed by atoms with Gasteiger partial charge in [-0.25, -0.2) is 4.90 Å². The lowest BCUT2D eigenvalue weighted by atomic mass is 9.45. The van der Waals surface area contributed by atoms with E-state index < -0.39 is 5.66 Å². The summed E-state index contributed by atoms with van der Waals surface area (Å²) in [5.41, 5.74) is -0.507. The van der Waals surface area contributed by atoms with Gasteiger partial charge in [-0.05, 0) is 88.1 Å². The van der Waals surface area contributed by atoms with Crippen molar-refractivity contribution in [2.45, 2.75) is 83.7 Å². The highest BCUT2D eigenvalue weighted by Crippen LogP contribution is 2.68. The van der Waals surface area contributed by atoms with E-state index >= 15 is 0 Å². The Morgan fingerprint density at radius 3 is 2.32 bits per heavy atom. The number of fused-ring (bicyclic) bond motifs is 5. The molecule has 4 aliphatic carbocycles. The molecule has 0 N–H and O–H groups in total. The molecule has 0 aromatic rings. The van der Waals surface area contributed by atoms with Crippen LogP contribution < -0.4 is 0 Å². The highest BCUT2D eigenvalue weighted by Gasteiger charge is 2.71. The minimum atomic E-state index is -0.854. The molecular formula is C21H36N2O2. The van der Waals surface area contributed by atoms with Gasteiger partial charge >= 0.3 is 0 Å². The van der Waals surface area contributed by atoms with Gasteiger partial charge in [0.1, 0.15) is 0 Å². The molecule has 4 heteroatoms. The van der Waals surface area contributed by atoms with Crippen molar-refractivity contribution in [3.63, 3.8) is 0 Å². The van der Waals surface area contributed by atoms with Gasteiger partial charge in [0.25, 0.3) is 5.66 Å². The van der Waals surface area contributed by atoms with Gasteiger partial charge in [-0.3, -0.25) is 10.1 Å². The number of nitrogens with zero attached hydrogens (tertiary/aromatic N) is 2. The molecule has 2 unspecified atom stereocenters. The first-order valence-electron chi connectivity index (χ1n) is 10.6. The van der Waals surface area contributed by atoms with E-state index in [-0.39, 0.29) is 10.3 Å². The average molecular weight is 349 g/mol. The van der Waals surface area contributed by atoms with Gasteiger partial charge in [0.15, 0.2) is 0 Å². The van der Waals surface area contributed by atoms with Gasteiger partial charge < -0.3 is 0 Å². The summed E-state index contributed by atoms with van der Waals surface area (Å²) in [4.78, 5) is 14.3. The van der Waals surface area contributed by atoms with E-state index in [0.29, 0.717) is 11.3 Å². The van der Waals surface area contributed by atoms with Crippen LogP contribution in [0.5, 0.6) is 0 Å². The van der Waals surface area contributed by atoms with Crippen LogP contribution >= 0.6 is 0 Å². The van der Waals surface area contributed by atoms with Gasteiger partial charge in [0, 0.05) is 11.3 Å². The highest BCUT2D eigenvalue weighted by atomic mass is 16.6. The Kier molecular flexibility index (Phi) is 4.03. The summed E-state index contributed by atoms with van der Waals surface area (Å²) >= 11 is 0. The van der Waals surface area contributed by atoms with Crippen LogP contribution in [-0.2, 0) is 0 Å². The largest absolute Gasteiger partial charge is 0.282 e. The first-order valence-corrected chi connectivity index (χ1v) is 10.6. The summed E-state index contributed by atoms with van der Waals surface area (Å²) in [6, 6.07) is 0. The first kappa shape index (κ1) is 17.8. The van der Waals surface area contributed by atoms with E-state index in [4.69, 9.17) is 0 Å². The fourth-order valence-corrected chi connectivity index (χ4v) is 8.48. The Balaban J connectivity index is 1.69. The molecule has 4 rings (SSSR count). The van der Waals surface area contributed by atoms with E-state index in [1.54, 1.807) is 0 Å². The van der Waals surface area contributed by atoms with Crippen molar-refractivity contribution >= 4 is 0 Å². The van der Waals surface area contributed by atoms with Gasteiger partial charge in [-0.2, -0.15) is 0 Å². The fourth-order valence-electron chi connectivity index (χ4n) is 8.48. The quantitative estimate of drug-likeness (QED) is 0.403. The van der Waals surface area contributed by atoms with E-state index in [1.165, 1.54) is 44.9 Å². The van der Waals surface area contributed by atoms with Gasteiger partial charge in [0.05, 0.1) is 5.41 Å². The molecule has 4 aliphatic rings. The molecule has 0 radical (unpaired) electrons. The van der Waals surface area contributed by atoms with Crippen LogP contribution in [0.3, 0.4) is 0 Å². The van der Waals surface area contributed by atoms with Crippen molar-refractivity contribution in [1.82, 2.24) is 4.90 Å². The third kappa shape index (κ3) is 2.09. The molecule has 4 fully saturated rings. The Morgan fingerprint density at radius 1 is 0.920 bits per heavy atom. The standard InChI is InChI=1S/C21H36N2O2/c1-19-12-6-5-7-15(19)8-9-16-17(19)10-13-20(2)18(16)11-14-21(20,22(3)4)23(24)25/h15-18H,5-14H2,1-4H3/t15?,16-,17-,18+,19+,20+,21?/m1/s1. The van der Waals surface area contributed by atoms with Crippen LogP contribution in [0.2, 0.25) is 0 Å². The topological polar surface area (TPSA) is 46.4 Å². The Bertz CT molecular complexity index is 564. The summed E-state index contributed by atoms with van der Waals surface area (Å²) in [7, 11) is 3.86. The molecule has 0 heterocycles. The van der Waals surface area contributed by atoms with Crippen molar-refractivity contribution in [3.8, 4) is 0 Å². The molecule has 4 nitrogen and oxygen atoms in total. The minimum absolute atomic E-state index is 0.0707. The molecule has 0 aliphatic heterocycles. The summed E-state index contributed by atoms with van der Waals surface area (Å²) in [6.07, 6.45) is 12.4. The first-order chi connectivity index (χ1) is 11.8. The van der Waals surface area contributed by atoms with Crippen molar-refractivity contribution in [3.05, 3.63) is 10.1 Å². The zero-order valence-corrected chi connectivity index (χ0v) is 16.6. The number of hydrogen-bond donors (Lipinski definition) is 0. The molecule has 0 aromatic carbocycles. The van der Waals surface area contributed by atoms with Crippen LogP contribution in [0.25, 0.3) is 0 Å². The number of hydrogen-bond acceptors (Lipinski definition) is 3. The van der Waals surface area contributed by atoms with Crippen molar-refractivity contribution in [2.24, 2.45) is 34.5 Å². The molecule has 0 aromatic heterocycles. The van der Waals surface area contributed by atoms with Crippen LogP contribution in [-0.4, -0.2) is 29.6 Å². The van der Waals surface area contributed by atoms with Crippen LogP contribution in [0.4, 0.5) is 0 Å². The van der Waals surface area contributed by atoms with Crippen molar-refractivity contribution < 1.29 is 4.92 Å². The maximum absolute atomic E-state index is 12.2. The lowest BCUT2D eigenvalue weighted by Gasteiger charge is -2.60. The number of nitro groups is 1. The summed E-state index contributed by atoms with van der Waals surface area (Å²) in [6.45, 7) is 4.84. The molecule has 0 spiro atoms. The Morgan fingerprint density at radius 2 is 1.64 bits per heavy atom. The molecule has 7 atom stereocenters. The van der Waals surface area contributed by atoms with E-state index in [9.17, 15) is 10.1 Å². The van der Waals surface area contributed by atoms with Crippen LogP contribution in [0.1, 0.15) is 78.1 Å². The van der Waals surface area contributed by atoms with E-state index in [1.807, 2.05) is 19.0 Å². The maximum atomic E-state index is 12.2. The molecule has 142 valence electrons. The lowest BCUT2D eigenvalue weighted by Crippen LogP contribution is -2.63. The fraction of sp³-hybridized carbons (Fsp3) is 1.00. The lowest BCUT2D eigenvalue weighted by molar-refractivity contribution is -0.620. The van der Waals surface area contributed by atoms with Crippen LogP contribution in [0.15, 0.2) is 0 Å². The molecular weight excluding hydrogens is 312 g/mol. The Hall–Kier alpha value is -0.640. The highest BCUT2D eigenvalue weighted by molar-refractivity contribution is 5.13. The van der Waals surface area contributed by atoms with Crippen molar-refractivity contribution in [2.75, 3.05) is 14.1 Å². The second-order valence-corrected chi connectivity index (χ2v) is 10.4.